The van der Waals surface area contributed by atoms with Crippen molar-refractivity contribution in [3.05, 3.63) is 39.4 Å². The maximum absolute atomic E-state index is 10.7. The van der Waals surface area contributed by atoms with Crippen molar-refractivity contribution in [2.24, 2.45) is 0 Å². The van der Waals surface area contributed by atoms with Gasteiger partial charge in [0.05, 0.1) is 11.0 Å². The zero-order valence-electron chi connectivity index (χ0n) is 9.43. The molecule has 0 amide bonds. The molecule has 0 bridgehead atoms. The fourth-order valence-electron chi connectivity index (χ4n) is 2.25. The first-order chi connectivity index (χ1) is 7.47. The molecule has 16 heavy (non-hydrogen) atoms. The van der Waals surface area contributed by atoms with Gasteiger partial charge >= 0.3 is 0 Å². The Balaban J connectivity index is 2.39. The Morgan fingerprint density at radius 2 is 2.12 bits per heavy atom. The molecule has 2 rings (SSSR count). The molecular weight excluding hydrogens is 206 g/mol. The number of rotatable bonds is 3. The molecule has 1 N–H and O–H groups in total. The van der Waals surface area contributed by atoms with E-state index in [1.54, 1.807) is 19.9 Å². The first-order valence-corrected chi connectivity index (χ1v) is 5.41. The van der Waals surface area contributed by atoms with Gasteiger partial charge in [0.25, 0.3) is 5.69 Å². The molecule has 0 radical (unpaired) electrons. The van der Waals surface area contributed by atoms with Crippen molar-refractivity contribution < 1.29 is 10.0 Å². The summed E-state index contributed by atoms with van der Waals surface area (Å²) in [6.07, 6.45) is 1.53. The normalized spacial score (nSPS) is 19.2. The summed E-state index contributed by atoms with van der Waals surface area (Å²) < 4.78 is 0. The zero-order chi connectivity index (χ0) is 11.9. The third kappa shape index (κ3) is 1.59. The molecular formula is C12H15NO3. The minimum absolute atomic E-state index is 0.144. The summed E-state index contributed by atoms with van der Waals surface area (Å²) in [5.41, 5.74) is 1.67. The molecule has 1 unspecified atom stereocenters. The molecule has 0 aliphatic heterocycles. The number of nitrogens with zero attached hydrogens (tertiary/aromatic N) is 1. The number of benzene rings is 1. The van der Waals surface area contributed by atoms with Crippen LogP contribution in [0.5, 0.6) is 0 Å². The highest BCUT2D eigenvalue weighted by atomic mass is 16.6. The molecule has 1 aliphatic rings. The predicted molar refractivity (Wildman–Crippen MR) is 60.4 cm³/mol. The van der Waals surface area contributed by atoms with E-state index in [2.05, 4.69) is 0 Å². The minimum atomic E-state index is -0.395. The van der Waals surface area contributed by atoms with Crippen LogP contribution in [0.1, 0.15) is 30.9 Å². The van der Waals surface area contributed by atoms with E-state index >= 15 is 0 Å². The van der Waals surface area contributed by atoms with Crippen LogP contribution >= 0.6 is 0 Å². The van der Waals surface area contributed by atoms with Crippen LogP contribution in [0, 0.1) is 17.0 Å². The minimum Gasteiger partial charge on any atom is -0.392 e. The number of aryl methyl sites for hydroxylation is 1. The van der Waals surface area contributed by atoms with E-state index in [4.69, 9.17) is 0 Å². The molecule has 1 aliphatic carbocycles. The Hall–Kier alpha value is -1.42. The SMILES string of the molecule is Cc1cc(C2(C(C)O)CC2)ccc1[N+](=O)[O-]. The average molecular weight is 221 g/mol. The van der Waals surface area contributed by atoms with E-state index < -0.39 is 6.10 Å². The van der Waals surface area contributed by atoms with Crippen molar-refractivity contribution in [1.82, 2.24) is 0 Å². The summed E-state index contributed by atoms with van der Waals surface area (Å²) in [6, 6.07) is 5.13. The van der Waals surface area contributed by atoms with Crippen LogP contribution < -0.4 is 0 Å². The van der Waals surface area contributed by atoms with Gasteiger partial charge in [-0.25, -0.2) is 0 Å². The molecule has 0 heterocycles. The summed E-state index contributed by atoms with van der Waals surface area (Å²) >= 11 is 0. The summed E-state index contributed by atoms with van der Waals surface area (Å²) in [5.74, 6) is 0. The fraction of sp³-hybridized carbons (Fsp3) is 0.500. The number of nitro groups is 1. The van der Waals surface area contributed by atoms with Crippen LogP contribution in [-0.2, 0) is 5.41 Å². The van der Waals surface area contributed by atoms with E-state index in [0.717, 1.165) is 18.4 Å². The van der Waals surface area contributed by atoms with Gasteiger partial charge in [0.2, 0.25) is 0 Å². The van der Waals surface area contributed by atoms with Crippen LogP contribution in [0.25, 0.3) is 0 Å². The van der Waals surface area contributed by atoms with E-state index in [9.17, 15) is 15.2 Å². The van der Waals surface area contributed by atoms with Gasteiger partial charge in [-0.05, 0) is 38.3 Å². The van der Waals surface area contributed by atoms with Gasteiger partial charge in [0.15, 0.2) is 0 Å². The first kappa shape index (κ1) is 11.1. The van der Waals surface area contributed by atoms with Gasteiger partial charge in [-0.2, -0.15) is 0 Å². The molecule has 4 heteroatoms. The topological polar surface area (TPSA) is 63.4 Å². The lowest BCUT2D eigenvalue weighted by atomic mass is 9.89. The van der Waals surface area contributed by atoms with Gasteiger partial charge in [-0.15, -0.1) is 0 Å². The molecule has 86 valence electrons. The van der Waals surface area contributed by atoms with E-state index in [0.29, 0.717) is 5.56 Å². The third-order valence-corrected chi connectivity index (χ3v) is 3.56. The highest BCUT2D eigenvalue weighted by molar-refractivity contribution is 5.46. The second-order valence-corrected chi connectivity index (χ2v) is 4.59. The Morgan fingerprint density at radius 1 is 1.50 bits per heavy atom. The monoisotopic (exact) mass is 221 g/mol. The molecule has 4 nitrogen and oxygen atoms in total. The zero-order valence-corrected chi connectivity index (χ0v) is 9.43. The Bertz CT molecular complexity index is 436. The average Bonchev–Trinajstić information content (AvgIpc) is 2.97. The van der Waals surface area contributed by atoms with Gasteiger partial charge in [-0.1, -0.05) is 6.07 Å². The van der Waals surface area contributed by atoms with Crippen LogP contribution in [0.15, 0.2) is 18.2 Å². The summed E-state index contributed by atoms with van der Waals surface area (Å²) in [4.78, 5) is 10.3. The predicted octanol–water partition coefficient (Wildman–Crippen LogP) is 2.32. The summed E-state index contributed by atoms with van der Waals surface area (Å²) in [7, 11) is 0. The summed E-state index contributed by atoms with van der Waals surface area (Å²) in [6.45, 7) is 3.52. The number of hydrogen-bond donors (Lipinski definition) is 1. The second-order valence-electron chi connectivity index (χ2n) is 4.59. The van der Waals surface area contributed by atoms with Crippen LogP contribution in [0.2, 0.25) is 0 Å². The summed E-state index contributed by atoms with van der Waals surface area (Å²) in [5, 5.41) is 20.4. The lowest BCUT2D eigenvalue weighted by Gasteiger charge is -2.19. The van der Waals surface area contributed by atoms with Crippen molar-refractivity contribution in [3.8, 4) is 0 Å². The number of aliphatic hydroxyl groups is 1. The van der Waals surface area contributed by atoms with Crippen LogP contribution in [0.3, 0.4) is 0 Å². The molecule has 1 aromatic rings. The number of hydrogen-bond acceptors (Lipinski definition) is 3. The lowest BCUT2D eigenvalue weighted by Crippen LogP contribution is -2.22. The van der Waals surface area contributed by atoms with Crippen molar-refractivity contribution in [2.45, 2.75) is 38.2 Å². The molecule has 0 aromatic heterocycles. The van der Waals surface area contributed by atoms with Crippen molar-refractivity contribution in [2.75, 3.05) is 0 Å². The van der Waals surface area contributed by atoms with Crippen LogP contribution in [-0.4, -0.2) is 16.1 Å². The van der Waals surface area contributed by atoms with Gasteiger partial charge in [0, 0.05) is 17.0 Å². The first-order valence-electron chi connectivity index (χ1n) is 5.41. The van der Waals surface area contributed by atoms with Gasteiger partial charge in [0.1, 0.15) is 0 Å². The molecule has 1 atom stereocenters. The van der Waals surface area contributed by atoms with E-state index in [1.807, 2.05) is 6.07 Å². The largest absolute Gasteiger partial charge is 0.392 e. The molecule has 1 saturated carbocycles. The molecule has 1 fully saturated rings. The molecule has 0 saturated heterocycles. The second kappa shape index (κ2) is 3.56. The Kier molecular flexibility index (Phi) is 2.46. The van der Waals surface area contributed by atoms with Gasteiger partial charge < -0.3 is 5.11 Å². The Labute approximate surface area is 94.1 Å². The number of nitro benzene ring substituents is 1. The standard InChI is InChI=1S/C12H15NO3/c1-8-7-10(3-4-11(8)13(15)16)12(5-6-12)9(2)14/h3-4,7,9,14H,5-6H2,1-2H3. The van der Waals surface area contributed by atoms with Crippen LogP contribution in [0.4, 0.5) is 5.69 Å². The smallest absolute Gasteiger partial charge is 0.272 e. The fourth-order valence-corrected chi connectivity index (χ4v) is 2.25. The van der Waals surface area contributed by atoms with E-state index in [-0.39, 0.29) is 16.0 Å². The van der Waals surface area contributed by atoms with Crippen molar-refractivity contribution in [1.29, 1.82) is 0 Å². The van der Waals surface area contributed by atoms with E-state index in [1.165, 1.54) is 6.07 Å². The molecule has 1 aromatic carbocycles. The third-order valence-electron chi connectivity index (χ3n) is 3.56. The maximum atomic E-state index is 10.7. The van der Waals surface area contributed by atoms with Crippen molar-refractivity contribution in [3.63, 3.8) is 0 Å². The number of aliphatic hydroxyl groups excluding tert-OH is 1. The highest BCUT2D eigenvalue weighted by Crippen LogP contribution is 2.51. The highest BCUT2D eigenvalue weighted by Gasteiger charge is 2.48. The maximum Gasteiger partial charge on any atom is 0.272 e. The van der Waals surface area contributed by atoms with Gasteiger partial charge in [-0.3, -0.25) is 10.1 Å². The van der Waals surface area contributed by atoms with Crippen molar-refractivity contribution >= 4 is 5.69 Å². The quantitative estimate of drug-likeness (QED) is 0.629. The Morgan fingerprint density at radius 3 is 2.50 bits per heavy atom. The lowest BCUT2D eigenvalue weighted by molar-refractivity contribution is -0.385. The molecule has 0 spiro atoms.